The summed E-state index contributed by atoms with van der Waals surface area (Å²) < 4.78 is 64.4. The van der Waals surface area contributed by atoms with Gasteiger partial charge < -0.3 is 4.90 Å². The summed E-state index contributed by atoms with van der Waals surface area (Å²) in [7, 11) is -3.96. The van der Waals surface area contributed by atoms with Crippen LogP contribution in [0.2, 0.25) is 0 Å². The fourth-order valence-electron chi connectivity index (χ4n) is 2.50. The van der Waals surface area contributed by atoms with Crippen molar-refractivity contribution in [3.63, 3.8) is 0 Å². The number of rotatable bonds is 5. The Morgan fingerprint density at radius 2 is 1.78 bits per heavy atom. The lowest BCUT2D eigenvalue weighted by Crippen LogP contribution is -2.36. The number of sulfonamides is 1. The van der Waals surface area contributed by atoms with Crippen LogP contribution in [-0.2, 0) is 14.8 Å². The molecule has 23 heavy (non-hydrogen) atoms. The highest BCUT2D eigenvalue weighted by atomic mass is 32.2. The topological polar surface area (TPSA) is 57.7 Å². The van der Waals surface area contributed by atoms with Crippen LogP contribution in [0, 0.1) is 17.5 Å². The van der Waals surface area contributed by atoms with Crippen molar-refractivity contribution in [1.82, 2.24) is 4.90 Å². The molecule has 1 aromatic rings. The van der Waals surface area contributed by atoms with Crippen LogP contribution in [0.25, 0.3) is 0 Å². The highest BCUT2D eigenvalue weighted by Crippen LogP contribution is 2.26. The van der Waals surface area contributed by atoms with E-state index in [0.717, 1.165) is 25.2 Å². The van der Waals surface area contributed by atoms with Gasteiger partial charge in [-0.15, -0.1) is 0 Å². The van der Waals surface area contributed by atoms with E-state index in [9.17, 15) is 26.4 Å². The van der Waals surface area contributed by atoms with Crippen LogP contribution in [0.3, 0.4) is 0 Å². The zero-order valence-electron chi connectivity index (χ0n) is 12.6. The van der Waals surface area contributed by atoms with Gasteiger partial charge in [-0.3, -0.25) is 9.10 Å². The Kier molecular flexibility index (Phi) is 5.18. The molecular formula is C14H17F3N2O3S. The van der Waals surface area contributed by atoms with Gasteiger partial charge in [0, 0.05) is 26.1 Å². The molecule has 0 radical (unpaired) electrons. The molecule has 0 saturated carbocycles. The molecule has 1 aliphatic heterocycles. The average Bonchev–Trinajstić information content (AvgIpc) is 3.00. The van der Waals surface area contributed by atoms with Crippen molar-refractivity contribution in [1.29, 1.82) is 0 Å². The molecule has 0 aromatic heterocycles. The number of hydrogen-bond donors (Lipinski definition) is 0. The fourth-order valence-corrected chi connectivity index (χ4v) is 3.42. The summed E-state index contributed by atoms with van der Waals surface area (Å²) in [4.78, 5) is 13.6. The number of carbonyl (C=O) groups is 1. The summed E-state index contributed by atoms with van der Waals surface area (Å²) in [5.41, 5.74) is -0.611. The summed E-state index contributed by atoms with van der Waals surface area (Å²) in [6.07, 6.45) is 2.43. The van der Waals surface area contributed by atoms with Crippen LogP contribution in [-0.4, -0.2) is 45.1 Å². The molecule has 0 spiro atoms. The Bertz CT molecular complexity index is 703. The lowest BCUT2D eigenvalue weighted by atomic mass is 10.2. The van der Waals surface area contributed by atoms with E-state index in [2.05, 4.69) is 0 Å². The number of anilines is 1. The maximum Gasteiger partial charge on any atom is 0.232 e. The van der Waals surface area contributed by atoms with E-state index in [0.29, 0.717) is 23.5 Å². The second-order valence-electron chi connectivity index (χ2n) is 5.37. The maximum absolute atomic E-state index is 13.9. The summed E-state index contributed by atoms with van der Waals surface area (Å²) in [5.74, 6) is -5.00. The van der Waals surface area contributed by atoms with E-state index in [-0.39, 0.29) is 18.9 Å². The molecule has 0 bridgehead atoms. The zero-order chi connectivity index (χ0) is 17.2. The molecule has 1 saturated heterocycles. The molecule has 2 rings (SSSR count). The van der Waals surface area contributed by atoms with Crippen LogP contribution in [0.1, 0.15) is 19.3 Å². The molecule has 5 nitrogen and oxygen atoms in total. The first-order valence-electron chi connectivity index (χ1n) is 7.11. The lowest BCUT2D eigenvalue weighted by molar-refractivity contribution is -0.129. The van der Waals surface area contributed by atoms with Crippen molar-refractivity contribution in [3.8, 4) is 0 Å². The third kappa shape index (κ3) is 3.95. The van der Waals surface area contributed by atoms with E-state index < -0.39 is 33.2 Å². The van der Waals surface area contributed by atoms with Gasteiger partial charge in [-0.1, -0.05) is 0 Å². The Morgan fingerprint density at radius 3 is 2.35 bits per heavy atom. The van der Waals surface area contributed by atoms with Gasteiger partial charge >= 0.3 is 0 Å². The number of halogens is 3. The van der Waals surface area contributed by atoms with E-state index in [4.69, 9.17) is 0 Å². The molecule has 1 heterocycles. The molecule has 128 valence electrons. The second-order valence-corrected chi connectivity index (χ2v) is 7.27. The highest BCUT2D eigenvalue weighted by Gasteiger charge is 2.26. The predicted octanol–water partition coefficient (Wildman–Crippen LogP) is 1.88. The first-order valence-corrected chi connectivity index (χ1v) is 8.95. The summed E-state index contributed by atoms with van der Waals surface area (Å²) in [5, 5.41) is 0. The first kappa shape index (κ1) is 17.6. The van der Waals surface area contributed by atoms with Crippen LogP contribution in [0.5, 0.6) is 0 Å². The second kappa shape index (κ2) is 6.77. The third-order valence-electron chi connectivity index (χ3n) is 3.67. The molecule has 1 aromatic carbocycles. The minimum absolute atomic E-state index is 0.161. The van der Waals surface area contributed by atoms with Crippen molar-refractivity contribution in [2.75, 3.05) is 30.2 Å². The Balaban J connectivity index is 2.22. The van der Waals surface area contributed by atoms with Gasteiger partial charge in [-0.25, -0.2) is 21.6 Å². The minimum atomic E-state index is -3.96. The van der Waals surface area contributed by atoms with Crippen LogP contribution < -0.4 is 4.31 Å². The van der Waals surface area contributed by atoms with E-state index in [1.54, 1.807) is 4.90 Å². The average molecular weight is 350 g/mol. The van der Waals surface area contributed by atoms with Crippen LogP contribution in [0.15, 0.2) is 12.1 Å². The van der Waals surface area contributed by atoms with Crippen molar-refractivity contribution in [2.45, 2.75) is 19.3 Å². The SMILES string of the molecule is CS(=O)(=O)N(CCC(=O)N1CCCC1)c1ccc(F)c(F)c1F. The number of likely N-dealkylation sites (tertiary alicyclic amines) is 1. The number of benzene rings is 1. The van der Waals surface area contributed by atoms with Gasteiger partial charge in [0.05, 0.1) is 11.9 Å². The number of amides is 1. The standard InChI is InChI=1S/C14H17F3N2O3S/c1-23(21,22)19(9-6-12(20)18-7-2-3-8-18)11-5-4-10(15)13(16)14(11)17/h4-5H,2-3,6-9H2,1H3. The van der Waals surface area contributed by atoms with E-state index in [1.807, 2.05) is 0 Å². The predicted molar refractivity (Wildman–Crippen MR) is 78.9 cm³/mol. The van der Waals surface area contributed by atoms with Gasteiger partial charge in [0.25, 0.3) is 0 Å². The number of hydrogen-bond acceptors (Lipinski definition) is 3. The third-order valence-corrected chi connectivity index (χ3v) is 4.85. The zero-order valence-corrected chi connectivity index (χ0v) is 13.4. The highest BCUT2D eigenvalue weighted by molar-refractivity contribution is 7.92. The van der Waals surface area contributed by atoms with Gasteiger partial charge in [-0.2, -0.15) is 0 Å². The van der Waals surface area contributed by atoms with Gasteiger partial charge in [0.15, 0.2) is 17.5 Å². The molecule has 9 heteroatoms. The number of nitrogens with zero attached hydrogens (tertiary/aromatic N) is 2. The van der Waals surface area contributed by atoms with E-state index in [1.165, 1.54) is 0 Å². The van der Waals surface area contributed by atoms with Crippen molar-refractivity contribution in [2.24, 2.45) is 0 Å². The van der Waals surface area contributed by atoms with E-state index >= 15 is 0 Å². The monoisotopic (exact) mass is 350 g/mol. The van der Waals surface area contributed by atoms with Crippen LogP contribution >= 0.6 is 0 Å². The Labute approximate surface area is 132 Å². The number of carbonyl (C=O) groups excluding carboxylic acids is 1. The summed E-state index contributed by atoms with van der Waals surface area (Å²) in [6, 6.07) is 1.49. The molecule has 0 N–H and O–H groups in total. The van der Waals surface area contributed by atoms with Crippen molar-refractivity contribution < 1.29 is 26.4 Å². The lowest BCUT2D eigenvalue weighted by Gasteiger charge is -2.24. The largest absolute Gasteiger partial charge is 0.343 e. The van der Waals surface area contributed by atoms with Crippen molar-refractivity contribution >= 4 is 21.6 Å². The molecule has 1 amide bonds. The molecule has 1 aliphatic rings. The Morgan fingerprint density at radius 1 is 1.17 bits per heavy atom. The van der Waals surface area contributed by atoms with Crippen LogP contribution in [0.4, 0.5) is 18.9 Å². The molecular weight excluding hydrogens is 333 g/mol. The Hall–Kier alpha value is -1.77. The summed E-state index contributed by atoms with van der Waals surface area (Å²) in [6.45, 7) is 0.880. The smallest absolute Gasteiger partial charge is 0.232 e. The first-order chi connectivity index (χ1) is 10.7. The molecule has 0 aliphatic carbocycles. The van der Waals surface area contributed by atoms with Gasteiger partial charge in [0.1, 0.15) is 0 Å². The fraction of sp³-hybridized carbons (Fsp3) is 0.500. The maximum atomic E-state index is 13.9. The molecule has 1 fully saturated rings. The minimum Gasteiger partial charge on any atom is -0.343 e. The molecule has 0 atom stereocenters. The van der Waals surface area contributed by atoms with Gasteiger partial charge in [-0.05, 0) is 25.0 Å². The normalized spacial score (nSPS) is 15.0. The van der Waals surface area contributed by atoms with Gasteiger partial charge in [0.2, 0.25) is 15.9 Å². The molecule has 0 unspecified atom stereocenters. The van der Waals surface area contributed by atoms with Crippen molar-refractivity contribution in [3.05, 3.63) is 29.6 Å². The quantitative estimate of drug-likeness (QED) is 0.762. The summed E-state index contributed by atoms with van der Waals surface area (Å²) >= 11 is 0.